The van der Waals surface area contributed by atoms with E-state index in [1.54, 1.807) is 20.8 Å². The number of anilines is 1. The number of aryl methyl sites for hydroxylation is 1. The molecule has 0 spiro atoms. The molecule has 17 heteroatoms. The van der Waals surface area contributed by atoms with Gasteiger partial charge in [0.2, 0.25) is 6.43 Å². The Balaban J connectivity index is 0.000000730. The van der Waals surface area contributed by atoms with Crippen LogP contribution in [-0.4, -0.2) is 94.2 Å². The fourth-order valence-corrected chi connectivity index (χ4v) is 7.78. The maximum absolute atomic E-state index is 17.0. The van der Waals surface area contributed by atoms with E-state index in [-0.39, 0.29) is 57.8 Å². The third-order valence-corrected chi connectivity index (χ3v) is 10.3. The summed E-state index contributed by atoms with van der Waals surface area (Å²) in [6, 6.07) is 6.99. The van der Waals surface area contributed by atoms with Gasteiger partial charge < -0.3 is 29.9 Å². The van der Waals surface area contributed by atoms with Crippen LogP contribution in [0.15, 0.2) is 30.3 Å². The molecule has 0 unspecified atom stereocenters. The zero-order valence-electron chi connectivity index (χ0n) is 29.9. The summed E-state index contributed by atoms with van der Waals surface area (Å²) in [6.45, 7) is 6.73. The molecule has 3 aromatic carbocycles. The molecule has 9 nitrogen and oxygen atoms in total. The summed E-state index contributed by atoms with van der Waals surface area (Å²) in [7, 11) is 1.87. The van der Waals surface area contributed by atoms with Crippen LogP contribution >= 0.6 is 11.6 Å². The molecule has 2 saturated heterocycles. The number of nitrogens with zero attached hydrogens (tertiary/aromatic N) is 4. The molecule has 0 bridgehead atoms. The highest BCUT2D eigenvalue weighted by Gasteiger charge is 2.45. The van der Waals surface area contributed by atoms with Gasteiger partial charge in [0.05, 0.1) is 17.2 Å². The first kappa shape index (κ1) is 41.0. The number of aromatic nitrogens is 2. The van der Waals surface area contributed by atoms with Gasteiger partial charge in [0.1, 0.15) is 22.9 Å². The van der Waals surface area contributed by atoms with Gasteiger partial charge in [-0.3, -0.25) is 0 Å². The van der Waals surface area contributed by atoms with Crippen LogP contribution < -0.4 is 9.64 Å². The quantitative estimate of drug-likeness (QED) is 0.159. The number of fused-ring (bicyclic) bond motifs is 2. The average Bonchev–Trinajstić information content (AvgIpc) is 3.06. The number of carboxylic acid groups (broad SMARTS) is 1. The van der Waals surface area contributed by atoms with Crippen LogP contribution in [0.3, 0.4) is 0 Å². The van der Waals surface area contributed by atoms with Gasteiger partial charge in [-0.2, -0.15) is 23.1 Å². The van der Waals surface area contributed by atoms with Crippen LogP contribution in [0.25, 0.3) is 32.8 Å². The number of aromatic hydroxyl groups is 1. The number of β-amino-alcohol motifs (C(OH)–C–C–N with tert-alkyl or cyclic N) is 1. The zero-order valence-corrected chi connectivity index (χ0v) is 30.6. The van der Waals surface area contributed by atoms with Crippen molar-refractivity contribution in [3.63, 3.8) is 0 Å². The van der Waals surface area contributed by atoms with Crippen molar-refractivity contribution < 1.29 is 55.6 Å². The van der Waals surface area contributed by atoms with Crippen molar-refractivity contribution in [2.45, 2.75) is 64.7 Å². The predicted molar refractivity (Wildman–Crippen MR) is 189 cm³/mol. The van der Waals surface area contributed by atoms with Gasteiger partial charge in [0.15, 0.2) is 5.82 Å². The monoisotopic (exact) mass is 788 g/mol. The van der Waals surface area contributed by atoms with E-state index in [9.17, 15) is 32.2 Å². The Morgan fingerprint density at radius 2 is 1.80 bits per heavy atom. The molecule has 54 heavy (non-hydrogen) atoms. The smallest absolute Gasteiger partial charge is 0.490 e. The normalized spacial score (nSPS) is 22.4. The number of aliphatic hydroxyl groups is 1. The number of piperidine rings is 2. The molecule has 3 N–H and O–H groups in total. The lowest BCUT2D eigenvalue weighted by Gasteiger charge is -2.44. The lowest BCUT2D eigenvalue weighted by atomic mass is 9.73. The van der Waals surface area contributed by atoms with Gasteiger partial charge in [0.25, 0.3) is 0 Å². The van der Waals surface area contributed by atoms with E-state index >= 15 is 8.78 Å². The second kappa shape index (κ2) is 15.5. The molecular formula is C37H40ClF7N4O5. The van der Waals surface area contributed by atoms with Gasteiger partial charge in [-0.05, 0) is 92.4 Å². The van der Waals surface area contributed by atoms with Crippen molar-refractivity contribution >= 4 is 45.1 Å². The Hall–Kier alpha value is -4.15. The molecule has 0 amide bonds. The summed E-state index contributed by atoms with van der Waals surface area (Å²) in [4.78, 5) is 21.8. The SMILES string of the molecule is CCc1c(F)ccc2cc(O)cc(-c3c(Cl)cc4c(N5CCC[C@@](C)(O)C5)nc(OC[C@]5(C)CN(C)CC[C@@H]5C(F)F)nc4c3F)c12.O=C(O)C(F)(F)F. The first-order valence-corrected chi connectivity index (χ1v) is 17.5. The number of phenols is 1. The number of phenolic OH excluding ortho intramolecular Hbond substituents is 1. The van der Waals surface area contributed by atoms with Gasteiger partial charge >= 0.3 is 18.2 Å². The zero-order chi connectivity index (χ0) is 39.9. The number of carbonyl (C=O) groups is 1. The number of hydrogen-bond donors (Lipinski definition) is 3. The van der Waals surface area contributed by atoms with Crippen molar-refractivity contribution in [3.8, 4) is 22.9 Å². The maximum atomic E-state index is 17.0. The van der Waals surface area contributed by atoms with Gasteiger partial charge in [-0.1, -0.05) is 31.5 Å². The van der Waals surface area contributed by atoms with Crippen molar-refractivity contribution in [2.75, 3.05) is 44.7 Å². The predicted octanol–water partition coefficient (Wildman–Crippen LogP) is 8.24. The molecule has 0 aliphatic carbocycles. The molecule has 3 atom stereocenters. The third kappa shape index (κ3) is 8.55. The number of ether oxygens (including phenoxy) is 1. The van der Waals surface area contributed by atoms with E-state index in [1.165, 1.54) is 30.3 Å². The van der Waals surface area contributed by atoms with E-state index in [2.05, 4.69) is 9.97 Å². The molecule has 2 aliphatic rings. The Kier molecular flexibility index (Phi) is 11.8. The fraction of sp³-hybridized carbons (Fsp3) is 0.486. The minimum Gasteiger partial charge on any atom is -0.508 e. The van der Waals surface area contributed by atoms with Gasteiger partial charge in [0, 0.05) is 41.9 Å². The lowest BCUT2D eigenvalue weighted by Crippen LogP contribution is -2.51. The Morgan fingerprint density at radius 1 is 1.11 bits per heavy atom. The second-order valence-corrected chi connectivity index (χ2v) is 14.9. The van der Waals surface area contributed by atoms with Crippen LogP contribution in [0.1, 0.15) is 45.6 Å². The molecule has 3 heterocycles. The number of benzene rings is 3. The highest BCUT2D eigenvalue weighted by Crippen LogP contribution is 2.45. The van der Waals surface area contributed by atoms with E-state index in [0.29, 0.717) is 61.7 Å². The van der Waals surface area contributed by atoms with Crippen molar-refractivity contribution in [2.24, 2.45) is 11.3 Å². The van der Waals surface area contributed by atoms with Crippen LogP contribution in [0.5, 0.6) is 11.8 Å². The number of carboxylic acids is 1. The molecule has 2 aliphatic heterocycles. The largest absolute Gasteiger partial charge is 0.508 e. The van der Waals surface area contributed by atoms with Gasteiger partial charge in [-0.15, -0.1) is 0 Å². The number of halogens is 8. The molecule has 4 aromatic rings. The first-order valence-electron chi connectivity index (χ1n) is 17.2. The summed E-state index contributed by atoms with van der Waals surface area (Å²) in [6.07, 6.45) is -5.81. The first-order chi connectivity index (χ1) is 25.2. The van der Waals surface area contributed by atoms with E-state index in [1.807, 2.05) is 16.8 Å². The van der Waals surface area contributed by atoms with E-state index in [4.69, 9.17) is 26.2 Å². The topological polar surface area (TPSA) is 119 Å². The number of rotatable bonds is 7. The minimum absolute atomic E-state index is 0.00645. The van der Waals surface area contributed by atoms with Crippen molar-refractivity contribution in [1.82, 2.24) is 14.9 Å². The molecule has 0 saturated carbocycles. The van der Waals surface area contributed by atoms with E-state index in [0.717, 1.165) is 0 Å². The summed E-state index contributed by atoms with van der Waals surface area (Å²) in [5, 5.41) is 29.8. The van der Waals surface area contributed by atoms with Crippen LogP contribution in [-0.2, 0) is 11.2 Å². The summed E-state index contributed by atoms with van der Waals surface area (Å²) in [5.41, 5.74) is -1.65. The molecule has 2 fully saturated rings. The molecule has 294 valence electrons. The summed E-state index contributed by atoms with van der Waals surface area (Å²) >= 11 is 6.83. The number of aliphatic carboxylic acids is 1. The van der Waals surface area contributed by atoms with Crippen LogP contribution in [0.4, 0.5) is 36.6 Å². The number of alkyl halides is 5. The van der Waals surface area contributed by atoms with Crippen molar-refractivity contribution in [1.29, 1.82) is 0 Å². The molecule has 6 rings (SSSR count). The lowest BCUT2D eigenvalue weighted by molar-refractivity contribution is -0.192. The maximum Gasteiger partial charge on any atom is 0.490 e. The Labute approximate surface area is 311 Å². The summed E-state index contributed by atoms with van der Waals surface area (Å²) in [5.74, 6) is -4.84. The van der Waals surface area contributed by atoms with Crippen LogP contribution in [0.2, 0.25) is 5.02 Å². The van der Waals surface area contributed by atoms with E-state index < -0.39 is 47.1 Å². The third-order valence-electron chi connectivity index (χ3n) is 10.0. The average molecular weight is 789 g/mol. The van der Waals surface area contributed by atoms with Crippen LogP contribution in [0, 0.1) is 23.0 Å². The number of hydrogen-bond acceptors (Lipinski definition) is 8. The standard InChI is InChI=1S/C35H39ClF4N4O3.C2HF3O2/c1-5-21-26(37)8-7-19-13-20(45)14-22(27(19)21)28-25(36)15-23-30(29(28)38)41-33(42-32(23)44-11-6-10-35(3,46)17-44)47-18-34(2)16-43(4)12-9-24(34)31(39)40;3-2(4,5)1(6)7/h7-8,13-15,24,31,45-46H,5-6,9-12,16-18H2,1-4H3;(H,6,7)/t24-,34+,35-;/m1./s1. The second-order valence-electron chi connectivity index (χ2n) is 14.5. The summed E-state index contributed by atoms with van der Waals surface area (Å²) < 4.78 is 98.1. The molecule has 0 radical (unpaired) electrons. The Bertz CT molecular complexity index is 2050. The molecular weight excluding hydrogens is 749 g/mol. The van der Waals surface area contributed by atoms with Gasteiger partial charge in [-0.25, -0.2) is 22.4 Å². The Morgan fingerprint density at radius 3 is 2.41 bits per heavy atom. The fourth-order valence-electron chi connectivity index (χ4n) is 7.49. The molecule has 1 aromatic heterocycles. The minimum atomic E-state index is -5.08. The number of likely N-dealkylation sites (tertiary alicyclic amines) is 1. The highest BCUT2D eigenvalue weighted by molar-refractivity contribution is 6.35. The highest BCUT2D eigenvalue weighted by atomic mass is 35.5. The van der Waals surface area contributed by atoms with Crippen molar-refractivity contribution in [3.05, 3.63) is 52.6 Å².